The minimum absolute atomic E-state index is 0.524. The summed E-state index contributed by atoms with van der Waals surface area (Å²) in [6.07, 6.45) is 14.8. The van der Waals surface area contributed by atoms with Gasteiger partial charge in [0.1, 0.15) is 0 Å². The van der Waals surface area contributed by atoms with E-state index in [0.717, 1.165) is 17.2 Å². The SMILES string of the molecule is CCCCCCCc1ccc(C=NN=C(c2ccccc2)C2CCC(C)CC2)cc1. The van der Waals surface area contributed by atoms with Crippen LogP contribution >= 0.6 is 0 Å². The lowest BCUT2D eigenvalue weighted by Crippen LogP contribution is -2.21. The molecule has 0 heterocycles. The summed E-state index contributed by atoms with van der Waals surface area (Å²) in [5, 5.41) is 9.23. The van der Waals surface area contributed by atoms with E-state index < -0.39 is 0 Å². The number of aryl methyl sites for hydroxylation is 1. The number of hydrogen-bond donors (Lipinski definition) is 0. The molecule has 2 aromatic rings. The van der Waals surface area contributed by atoms with Crippen molar-refractivity contribution in [1.82, 2.24) is 0 Å². The zero-order valence-electron chi connectivity index (χ0n) is 18.9. The van der Waals surface area contributed by atoms with Crippen LogP contribution in [0.25, 0.3) is 0 Å². The quantitative estimate of drug-likeness (QED) is 0.220. The van der Waals surface area contributed by atoms with Crippen LogP contribution in [-0.4, -0.2) is 11.9 Å². The third-order valence-electron chi connectivity index (χ3n) is 6.39. The first-order valence-corrected chi connectivity index (χ1v) is 12.0. The van der Waals surface area contributed by atoms with Crippen molar-refractivity contribution in [2.24, 2.45) is 22.0 Å². The van der Waals surface area contributed by atoms with E-state index in [1.807, 2.05) is 6.21 Å². The Hall–Kier alpha value is -2.22. The minimum atomic E-state index is 0.524. The van der Waals surface area contributed by atoms with Crippen LogP contribution in [0.1, 0.15) is 88.3 Å². The van der Waals surface area contributed by atoms with Crippen molar-refractivity contribution >= 4 is 11.9 Å². The largest absolute Gasteiger partial charge is 0.158 e. The average Bonchev–Trinajstić information content (AvgIpc) is 2.79. The molecule has 30 heavy (non-hydrogen) atoms. The zero-order valence-corrected chi connectivity index (χ0v) is 18.9. The third kappa shape index (κ3) is 7.23. The first-order chi connectivity index (χ1) is 14.8. The molecular weight excluding hydrogens is 364 g/mol. The van der Waals surface area contributed by atoms with Gasteiger partial charge in [-0.3, -0.25) is 0 Å². The first-order valence-electron chi connectivity index (χ1n) is 12.0. The highest BCUT2D eigenvalue weighted by Gasteiger charge is 2.23. The summed E-state index contributed by atoms with van der Waals surface area (Å²) in [4.78, 5) is 0. The van der Waals surface area contributed by atoms with E-state index in [2.05, 4.69) is 73.5 Å². The van der Waals surface area contributed by atoms with E-state index in [-0.39, 0.29) is 0 Å². The van der Waals surface area contributed by atoms with E-state index in [1.165, 1.54) is 75.3 Å². The molecule has 0 bridgehead atoms. The molecular formula is C28H38N2. The van der Waals surface area contributed by atoms with Gasteiger partial charge in [0.05, 0.1) is 11.9 Å². The maximum atomic E-state index is 4.72. The number of rotatable bonds is 10. The van der Waals surface area contributed by atoms with Gasteiger partial charge >= 0.3 is 0 Å². The Morgan fingerprint density at radius 3 is 2.27 bits per heavy atom. The van der Waals surface area contributed by atoms with Crippen molar-refractivity contribution in [2.75, 3.05) is 0 Å². The first kappa shape index (κ1) is 22.5. The summed E-state index contributed by atoms with van der Waals surface area (Å²) in [6, 6.07) is 19.4. The van der Waals surface area contributed by atoms with Gasteiger partial charge in [0.2, 0.25) is 0 Å². The predicted molar refractivity (Wildman–Crippen MR) is 131 cm³/mol. The molecule has 0 spiro atoms. The molecule has 0 N–H and O–H groups in total. The lowest BCUT2D eigenvalue weighted by Gasteiger charge is -2.27. The molecule has 1 aliphatic carbocycles. The van der Waals surface area contributed by atoms with E-state index in [1.54, 1.807) is 0 Å². The number of hydrogen-bond acceptors (Lipinski definition) is 2. The predicted octanol–water partition coefficient (Wildman–Crippen LogP) is 7.85. The summed E-state index contributed by atoms with van der Waals surface area (Å²) in [7, 11) is 0. The zero-order chi connectivity index (χ0) is 21.0. The Morgan fingerprint density at radius 2 is 1.57 bits per heavy atom. The average molecular weight is 403 g/mol. The Bertz CT molecular complexity index is 781. The molecule has 1 aliphatic rings. The topological polar surface area (TPSA) is 24.7 Å². The molecule has 2 nitrogen and oxygen atoms in total. The van der Waals surface area contributed by atoms with Crippen molar-refractivity contribution in [1.29, 1.82) is 0 Å². The smallest absolute Gasteiger partial charge is 0.0733 e. The van der Waals surface area contributed by atoms with Gasteiger partial charge in [-0.15, -0.1) is 0 Å². The summed E-state index contributed by atoms with van der Waals surface area (Å²) in [5.74, 6) is 1.36. The van der Waals surface area contributed by atoms with Crippen LogP contribution in [0.15, 0.2) is 64.8 Å². The van der Waals surface area contributed by atoms with Gasteiger partial charge in [-0.1, -0.05) is 107 Å². The molecule has 1 fully saturated rings. The highest BCUT2D eigenvalue weighted by atomic mass is 15.2. The summed E-state index contributed by atoms with van der Waals surface area (Å²) in [6.45, 7) is 4.63. The second-order valence-electron chi connectivity index (χ2n) is 8.96. The lowest BCUT2D eigenvalue weighted by atomic mass is 9.79. The van der Waals surface area contributed by atoms with Gasteiger partial charge in [-0.25, -0.2) is 0 Å². The van der Waals surface area contributed by atoms with E-state index >= 15 is 0 Å². The lowest BCUT2D eigenvalue weighted by molar-refractivity contribution is 0.344. The molecule has 0 radical (unpaired) electrons. The summed E-state index contributed by atoms with van der Waals surface area (Å²) in [5.41, 5.74) is 4.92. The molecule has 160 valence electrons. The van der Waals surface area contributed by atoms with E-state index in [4.69, 9.17) is 5.10 Å². The monoisotopic (exact) mass is 402 g/mol. The van der Waals surface area contributed by atoms with Crippen molar-refractivity contribution in [3.63, 3.8) is 0 Å². The summed E-state index contributed by atoms with van der Waals surface area (Å²) >= 11 is 0. The van der Waals surface area contributed by atoms with E-state index in [0.29, 0.717) is 5.92 Å². The van der Waals surface area contributed by atoms with Gasteiger partial charge in [-0.2, -0.15) is 10.2 Å². The van der Waals surface area contributed by atoms with Crippen LogP contribution in [0.3, 0.4) is 0 Å². The van der Waals surface area contributed by atoms with E-state index in [9.17, 15) is 0 Å². The summed E-state index contributed by atoms with van der Waals surface area (Å²) < 4.78 is 0. The Morgan fingerprint density at radius 1 is 0.867 bits per heavy atom. The highest BCUT2D eigenvalue weighted by molar-refractivity contribution is 6.02. The molecule has 0 aromatic heterocycles. The standard InChI is InChI=1S/C28H38N2/c1-3-4-5-6-8-11-24-16-18-25(19-17-24)22-29-30-28(26-12-9-7-10-13-26)27-20-14-23(2)15-21-27/h7,9-10,12-13,16-19,22-23,27H,3-6,8,11,14-15,20-21H2,1-2H3. The van der Waals surface area contributed by atoms with Gasteiger partial charge in [-0.05, 0) is 48.3 Å². The van der Waals surface area contributed by atoms with Crippen LogP contribution in [0.5, 0.6) is 0 Å². The van der Waals surface area contributed by atoms with Crippen LogP contribution in [0, 0.1) is 11.8 Å². The second kappa shape index (κ2) is 12.5. The fourth-order valence-electron chi connectivity index (χ4n) is 4.38. The van der Waals surface area contributed by atoms with Crippen LogP contribution in [0.2, 0.25) is 0 Å². The van der Waals surface area contributed by atoms with Crippen LogP contribution < -0.4 is 0 Å². The molecule has 3 rings (SSSR count). The molecule has 2 heteroatoms. The fraction of sp³-hybridized carbons (Fsp3) is 0.500. The van der Waals surface area contributed by atoms with Gasteiger partial charge < -0.3 is 0 Å². The van der Waals surface area contributed by atoms with Crippen molar-refractivity contribution in [3.8, 4) is 0 Å². The molecule has 0 amide bonds. The number of unbranched alkanes of at least 4 members (excludes halogenated alkanes) is 4. The van der Waals surface area contributed by atoms with Gasteiger partial charge in [0, 0.05) is 5.92 Å². The van der Waals surface area contributed by atoms with Crippen LogP contribution in [0.4, 0.5) is 0 Å². The third-order valence-corrected chi connectivity index (χ3v) is 6.39. The maximum absolute atomic E-state index is 4.72. The highest BCUT2D eigenvalue weighted by Crippen LogP contribution is 2.31. The van der Waals surface area contributed by atoms with Crippen LogP contribution in [-0.2, 0) is 6.42 Å². The fourth-order valence-corrected chi connectivity index (χ4v) is 4.38. The second-order valence-corrected chi connectivity index (χ2v) is 8.96. The molecule has 0 atom stereocenters. The number of benzene rings is 2. The molecule has 1 saturated carbocycles. The van der Waals surface area contributed by atoms with Gasteiger partial charge in [0.15, 0.2) is 0 Å². The van der Waals surface area contributed by atoms with Gasteiger partial charge in [0.25, 0.3) is 0 Å². The van der Waals surface area contributed by atoms with Crippen molar-refractivity contribution in [3.05, 3.63) is 71.3 Å². The maximum Gasteiger partial charge on any atom is 0.0733 e. The molecule has 0 saturated heterocycles. The Kier molecular flexibility index (Phi) is 9.34. The molecule has 2 aromatic carbocycles. The molecule has 0 aliphatic heterocycles. The normalized spacial score (nSPS) is 20.0. The van der Waals surface area contributed by atoms with Crippen molar-refractivity contribution in [2.45, 2.75) is 78.1 Å². The Balaban J connectivity index is 1.62. The Labute approximate surface area is 183 Å². The minimum Gasteiger partial charge on any atom is -0.158 e. The number of nitrogens with zero attached hydrogens (tertiary/aromatic N) is 2. The molecule has 0 unspecified atom stereocenters. The van der Waals surface area contributed by atoms with Crippen molar-refractivity contribution < 1.29 is 0 Å².